The van der Waals surface area contributed by atoms with Gasteiger partial charge in [0.1, 0.15) is 0 Å². The Labute approximate surface area is 103 Å². The number of benzene rings is 1. The van der Waals surface area contributed by atoms with Crippen LogP contribution in [0.3, 0.4) is 0 Å². The molecule has 0 aliphatic heterocycles. The van der Waals surface area contributed by atoms with Gasteiger partial charge in [-0.2, -0.15) is 0 Å². The number of halogens is 1. The number of nitrogens with zero attached hydrogens (tertiary/aromatic N) is 1. The molecule has 88 valence electrons. The van der Waals surface area contributed by atoms with Crippen molar-refractivity contribution in [3.8, 4) is 0 Å². The first-order valence-corrected chi connectivity index (χ1v) is 5.85. The molecule has 0 aliphatic rings. The standard InChI is InChI=1S/C11H15BrN2O2/c1-13-11(15)14(16)8-2-3-9-4-6-10(12)7-5-9/h4-7,16H,2-3,8H2,1H3,(H,13,15). The van der Waals surface area contributed by atoms with E-state index >= 15 is 0 Å². The Kier molecular flexibility index (Phi) is 5.28. The van der Waals surface area contributed by atoms with Gasteiger partial charge in [0.2, 0.25) is 0 Å². The summed E-state index contributed by atoms with van der Waals surface area (Å²) in [6.07, 6.45) is 1.56. The van der Waals surface area contributed by atoms with Gasteiger partial charge in [-0.05, 0) is 30.5 Å². The van der Waals surface area contributed by atoms with Gasteiger partial charge in [-0.15, -0.1) is 0 Å². The third-order valence-electron chi connectivity index (χ3n) is 2.20. The fourth-order valence-electron chi connectivity index (χ4n) is 1.31. The fourth-order valence-corrected chi connectivity index (χ4v) is 1.58. The molecule has 0 fully saturated rings. The largest absolute Gasteiger partial charge is 0.340 e. The summed E-state index contributed by atoms with van der Waals surface area (Å²) in [4.78, 5) is 11.0. The van der Waals surface area contributed by atoms with Crippen molar-refractivity contribution in [1.29, 1.82) is 0 Å². The summed E-state index contributed by atoms with van der Waals surface area (Å²) in [5, 5.41) is 12.3. The third kappa shape index (κ3) is 4.20. The van der Waals surface area contributed by atoms with E-state index in [-0.39, 0.29) is 0 Å². The molecular formula is C11H15BrN2O2. The molecule has 0 unspecified atom stereocenters. The number of rotatable bonds is 4. The molecule has 0 aliphatic carbocycles. The lowest BCUT2D eigenvalue weighted by Crippen LogP contribution is -2.36. The molecular weight excluding hydrogens is 272 g/mol. The highest BCUT2D eigenvalue weighted by atomic mass is 79.9. The molecule has 1 aromatic rings. The fraction of sp³-hybridized carbons (Fsp3) is 0.364. The summed E-state index contributed by atoms with van der Waals surface area (Å²) in [6, 6.07) is 7.52. The summed E-state index contributed by atoms with van der Waals surface area (Å²) in [5.41, 5.74) is 1.19. The maximum atomic E-state index is 11.0. The highest BCUT2D eigenvalue weighted by Crippen LogP contribution is 2.11. The van der Waals surface area contributed by atoms with Crippen LogP contribution in [0.15, 0.2) is 28.7 Å². The van der Waals surface area contributed by atoms with E-state index in [1.807, 2.05) is 24.3 Å². The summed E-state index contributed by atoms with van der Waals surface area (Å²) in [6.45, 7) is 0.329. The van der Waals surface area contributed by atoms with E-state index in [9.17, 15) is 10.0 Å². The number of carbonyl (C=O) groups is 1. The Balaban J connectivity index is 2.30. The first kappa shape index (κ1) is 13.0. The van der Waals surface area contributed by atoms with Gasteiger partial charge in [-0.3, -0.25) is 5.21 Å². The van der Waals surface area contributed by atoms with Gasteiger partial charge in [-0.1, -0.05) is 28.1 Å². The van der Waals surface area contributed by atoms with Crippen molar-refractivity contribution in [2.45, 2.75) is 12.8 Å². The highest BCUT2D eigenvalue weighted by molar-refractivity contribution is 9.10. The minimum absolute atomic E-state index is 0.329. The summed E-state index contributed by atoms with van der Waals surface area (Å²) >= 11 is 3.36. The Bertz CT molecular complexity index is 340. The van der Waals surface area contributed by atoms with Gasteiger partial charge in [0.25, 0.3) is 0 Å². The van der Waals surface area contributed by atoms with Crippen molar-refractivity contribution >= 4 is 22.0 Å². The van der Waals surface area contributed by atoms with Crippen molar-refractivity contribution in [2.24, 2.45) is 0 Å². The molecule has 0 saturated heterocycles. The quantitative estimate of drug-likeness (QED) is 0.660. The number of hydrogen-bond donors (Lipinski definition) is 2. The molecule has 4 nitrogen and oxygen atoms in total. The Hall–Kier alpha value is -1.07. The minimum Gasteiger partial charge on any atom is -0.339 e. The summed E-state index contributed by atoms with van der Waals surface area (Å²) in [5.74, 6) is 0. The van der Waals surface area contributed by atoms with Crippen LogP contribution < -0.4 is 5.32 Å². The van der Waals surface area contributed by atoms with Gasteiger partial charge >= 0.3 is 6.03 Å². The van der Waals surface area contributed by atoms with E-state index in [1.54, 1.807) is 0 Å². The maximum Gasteiger partial charge on any atom is 0.340 e. The Morgan fingerprint density at radius 1 is 1.44 bits per heavy atom. The van der Waals surface area contributed by atoms with Gasteiger partial charge in [0.05, 0.1) is 6.54 Å². The number of carbonyl (C=O) groups excluding carboxylic acids is 1. The van der Waals surface area contributed by atoms with Crippen LogP contribution in [0.5, 0.6) is 0 Å². The molecule has 5 heteroatoms. The van der Waals surface area contributed by atoms with Crippen molar-refractivity contribution in [3.05, 3.63) is 34.3 Å². The third-order valence-corrected chi connectivity index (χ3v) is 2.73. The smallest absolute Gasteiger partial charge is 0.339 e. The molecule has 2 N–H and O–H groups in total. The molecule has 0 spiro atoms. The van der Waals surface area contributed by atoms with Gasteiger partial charge in [-0.25, -0.2) is 9.86 Å². The second-order valence-electron chi connectivity index (χ2n) is 3.41. The molecule has 0 saturated carbocycles. The van der Waals surface area contributed by atoms with Crippen molar-refractivity contribution in [3.63, 3.8) is 0 Å². The number of nitrogens with one attached hydrogen (secondary N) is 1. The Morgan fingerprint density at radius 3 is 2.62 bits per heavy atom. The summed E-state index contributed by atoms with van der Waals surface area (Å²) < 4.78 is 1.05. The van der Waals surface area contributed by atoms with Crippen LogP contribution in [0.4, 0.5) is 4.79 Å². The number of urea groups is 1. The van der Waals surface area contributed by atoms with Crippen molar-refractivity contribution in [2.75, 3.05) is 13.6 Å². The van der Waals surface area contributed by atoms with Crippen LogP contribution in [-0.4, -0.2) is 29.9 Å². The van der Waals surface area contributed by atoms with Crippen LogP contribution in [0, 0.1) is 0 Å². The average molecular weight is 287 g/mol. The topological polar surface area (TPSA) is 52.6 Å². The van der Waals surface area contributed by atoms with E-state index < -0.39 is 6.03 Å². The van der Waals surface area contributed by atoms with E-state index in [0.717, 1.165) is 17.3 Å². The van der Waals surface area contributed by atoms with Crippen LogP contribution in [0.25, 0.3) is 0 Å². The lowest BCUT2D eigenvalue weighted by molar-refractivity contribution is -0.0429. The van der Waals surface area contributed by atoms with Gasteiger partial charge in [0, 0.05) is 11.5 Å². The molecule has 16 heavy (non-hydrogen) atoms. The van der Waals surface area contributed by atoms with E-state index in [4.69, 9.17) is 0 Å². The lowest BCUT2D eigenvalue weighted by atomic mass is 10.1. The normalized spacial score (nSPS) is 9.94. The monoisotopic (exact) mass is 286 g/mol. The van der Waals surface area contributed by atoms with E-state index in [1.165, 1.54) is 12.6 Å². The van der Waals surface area contributed by atoms with E-state index in [2.05, 4.69) is 21.2 Å². The SMILES string of the molecule is CNC(=O)N(O)CCCc1ccc(Br)cc1. The summed E-state index contributed by atoms with van der Waals surface area (Å²) in [7, 11) is 1.49. The zero-order chi connectivity index (χ0) is 12.0. The van der Waals surface area contributed by atoms with Gasteiger partial charge < -0.3 is 5.32 Å². The minimum atomic E-state index is -0.476. The zero-order valence-corrected chi connectivity index (χ0v) is 10.7. The maximum absolute atomic E-state index is 11.0. The van der Waals surface area contributed by atoms with Crippen molar-refractivity contribution < 1.29 is 10.0 Å². The second-order valence-corrected chi connectivity index (χ2v) is 4.32. The molecule has 0 aromatic heterocycles. The zero-order valence-electron chi connectivity index (χ0n) is 9.11. The number of hydroxylamine groups is 2. The highest BCUT2D eigenvalue weighted by Gasteiger charge is 2.06. The molecule has 0 bridgehead atoms. The van der Waals surface area contributed by atoms with Crippen LogP contribution in [0.2, 0.25) is 0 Å². The van der Waals surface area contributed by atoms with Crippen LogP contribution in [-0.2, 0) is 6.42 Å². The predicted molar refractivity (Wildman–Crippen MR) is 65.4 cm³/mol. The molecule has 1 aromatic carbocycles. The molecule has 0 radical (unpaired) electrons. The molecule has 2 amide bonds. The first-order valence-electron chi connectivity index (χ1n) is 5.06. The number of hydrogen-bond acceptors (Lipinski definition) is 2. The van der Waals surface area contributed by atoms with Crippen LogP contribution >= 0.6 is 15.9 Å². The predicted octanol–water partition coefficient (Wildman–Crippen LogP) is 2.41. The van der Waals surface area contributed by atoms with Crippen LogP contribution in [0.1, 0.15) is 12.0 Å². The lowest BCUT2D eigenvalue weighted by Gasteiger charge is -2.13. The van der Waals surface area contributed by atoms with E-state index in [0.29, 0.717) is 11.6 Å². The Morgan fingerprint density at radius 2 is 2.06 bits per heavy atom. The average Bonchev–Trinajstić information content (AvgIpc) is 2.30. The molecule has 0 heterocycles. The first-order chi connectivity index (χ1) is 7.63. The molecule has 1 rings (SSSR count). The second kappa shape index (κ2) is 6.50. The van der Waals surface area contributed by atoms with Gasteiger partial charge in [0.15, 0.2) is 0 Å². The number of amides is 2. The molecule has 0 atom stereocenters. The number of aryl methyl sites for hydroxylation is 1. The van der Waals surface area contributed by atoms with Crippen molar-refractivity contribution in [1.82, 2.24) is 10.4 Å².